The number of nitrogens with zero attached hydrogens (tertiary/aromatic N) is 2. The Morgan fingerprint density at radius 2 is 2.29 bits per heavy atom. The van der Waals surface area contributed by atoms with Crippen LogP contribution in [0.5, 0.6) is 0 Å². The number of rotatable bonds is 4. The number of carbonyl (C=O) groups excluding carboxylic acids is 2. The molecule has 1 aromatic heterocycles. The smallest absolute Gasteiger partial charge is 0.325 e. The standard InChI is InChI=1S/C14H21N3O4/c1-4-11-13(9(2)16-21-11)10-6-5-7-17(10)14(19)15-8-12(18)20-3/h10H,4-8H2,1-3H3,(H,15,19)/t10-/m1/s1. The predicted octanol–water partition coefficient (Wildman–Crippen LogP) is 1.56. The molecular weight excluding hydrogens is 274 g/mol. The Balaban J connectivity index is 2.11. The zero-order valence-corrected chi connectivity index (χ0v) is 12.6. The zero-order chi connectivity index (χ0) is 15.4. The molecular formula is C14H21N3O4. The molecule has 1 saturated heterocycles. The minimum absolute atomic E-state index is 0.0381. The predicted molar refractivity (Wildman–Crippen MR) is 74.7 cm³/mol. The molecule has 1 N–H and O–H groups in total. The summed E-state index contributed by atoms with van der Waals surface area (Å²) < 4.78 is 9.84. The van der Waals surface area contributed by atoms with Crippen LogP contribution in [0, 0.1) is 6.92 Å². The first-order valence-electron chi connectivity index (χ1n) is 7.14. The number of hydrogen-bond acceptors (Lipinski definition) is 5. The molecule has 2 rings (SSSR count). The van der Waals surface area contributed by atoms with Crippen molar-refractivity contribution in [2.24, 2.45) is 0 Å². The molecule has 0 unspecified atom stereocenters. The largest absolute Gasteiger partial charge is 0.468 e. The van der Waals surface area contributed by atoms with Crippen molar-refractivity contribution in [1.82, 2.24) is 15.4 Å². The first kappa shape index (κ1) is 15.3. The van der Waals surface area contributed by atoms with E-state index >= 15 is 0 Å². The van der Waals surface area contributed by atoms with Gasteiger partial charge in [-0.3, -0.25) is 4.79 Å². The maximum Gasteiger partial charge on any atom is 0.325 e. The number of amides is 2. The first-order chi connectivity index (χ1) is 10.1. The summed E-state index contributed by atoms with van der Waals surface area (Å²) in [5.41, 5.74) is 1.83. The van der Waals surface area contributed by atoms with Crippen LogP contribution in [0.4, 0.5) is 4.79 Å². The van der Waals surface area contributed by atoms with Gasteiger partial charge in [-0.2, -0.15) is 0 Å². The van der Waals surface area contributed by atoms with Gasteiger partial charge < -0.3 is 19.5 Å². The molecule has 7 nitrogen and oxygen atoms in total. The molecule has 1 aromatic rings. The van der Waals surface area contributed by atoms with E-state index in [0.717, 1.165) is 36.3 Å². The highest BCUT2D eigenvalue weighted by Gasteiger charge is 2.34. The highest BCUT2D eigenvalue weighted by Crippen LogP contribution is 2.35. The topological polar surface area (TPSA) is 84.7 Å². The SMILES string of the molecule is CCc1onc(C)c1[C@H]1CCCN1C(=O)NCC(=O)OC. The van der Waals surface area contributed by atoms with Gasteiger partial charge >= 0.3 is 12.0 Å². The van der Waals surface area contributed by atoms with E-state index in [2.05, 4.69) is 15.2 Å². The number of esters is 1. The summed E-state index contributed by atoms with van der Waals surface area (Å²) in [5, 5.41) is 6.59. The third kappa shape index (κ3) is 3.17. The lowest BCUT2D eigenvalue weighted by Crippen LogP contribution is -2.42. The molecule has 116 valence electrons. The third-order valence-electron chi connectivity index (χ3n) is 3.76. The van der Waals surface area contributed by atoms with Gasteiger partial charge in [-0.1, -0.05) is 12.1 Å². The van der Waals surface area contributed by atoms with E-state index < -0.39 is 5.97 Å². The van der Waals surface area contributed by atoms with E-state index in [0.29, 0.717) is 6.54 Å². The monoisotopic (exact) mass is 295 g/mol. The fourth-order valence-corrected chi connectivity index (χ4v) is 2.74. The Labute approximate surface area is 123 Å². The Bertz CT molecular complexity index is 526. The van der Waals surface area contributed by atoms with Crippen molar-refractivity contribution >= 4 is 12.0 Å². The molecule has 0 spiro atoms. The molecule has 1 atom stereocenters. The van der Waals surface area contributed by atoms with Crippen molar-refractivity contribution in [3.8, 4) is 0 Å². The minimum atomic E-state index is -0.463. The lowest BCUT2D eigenvalue weighted by molar-refractivity contribution is -0.139. The maximum atomic E-state index is 12.2. The van der Waals surface area contributed by atoms with Gasteiger partial charge in [0.15, 0.2) is 0 Å². The third-order valence-corrected chi connectivity index (χ3v) is 3.76. The molecule has 21 heavy (non-hydrogen) atoms. The van der Waals surface area contributed by atoms with Crippen molar-refractivity contribution in [1.29, 1.82) is 0 Å². The molecule has 2 amide bonds. The second kappa shape index (κ2) is 6.60. The summed E-state index contributed by atoms with van der Waals surface area (Å²) in [7, 11) is 1.29. The molecule has 7 heteroatoms. The quantitative estimate of drug-likeness (QED) is 0.852. The van der Waals surface area contributed by atoms with E-state index in [1.165, 1.54) is 7.11 Å². The van der Waals surface area contributed by atoms with Crippen LogP contribution in [0.25, 0.3) is 0 Å². The highest BCUT2D eigenvalue weighted by atomic mass is 16.5. The Kier molecular flexibility index (Phi) is 4.82. The van der Waals surface area contributed by atoms with Crippen LogP contribution in [0.1, 0.15) is 42.8 Å². The van der Waals surface area contributed by atoms with Gasteiger partial charge in [0.25, 0.3) is 0 Å². The molecule has 0 saturated carbocycles. The van der Waals surface area contributed by atoms with Crippen LogP contribution in [0.15, 0.2) is 4.52 Å². The Morgan fingerprint density at radius 3 is 2.95 bits per heavy atom. The number of methoxy groups -OCH3 is 1. The van der Waals surface area contributed by atoms with Gasteiger partial charge in [0.05, 0.1) is 18.8 Å². The van der Waals surface area contributed by atoms with Crippen molar-refractivity contribution in [2.75, 3.05) is 20.2 Å². The number of nitrogens with one attached hydrogen (secondary N) is 1. The summed E-state index contributed by atoms with van der Waals surface area (Å²) in [6.45, 7) is 4.42. The molecule has 0 bridgehead atoms. The number of carbonyl (C=O) groups is 2. The second-order valence-electron chi connectivity index (χ2n) is 5.04. The van der Waals surface area contributed by atoms with E-state index in [1.54, 1.807) is 4.90 Å². The molecule has 1 aliphatic rings. The molecule has 1 aliphatic heterocycles. The number of hydrogen-bond donors (Lipinski definition) is 1. The Hall–Kier alpha value is -2.05. The van der Waals surface area contributed by atoms with Gasteiger partial charge in [0, 0.05) is 18.5 Å². The maximum absolute atomic E-state index is 12.2. The number of aromatic nitrogens is 1. The first-order valence-corrected chi connectivity index (χ1v) is 7.14. The molecule has 0 aliphatic carbocycles. The van der Waals surface area contributed by atoms with Crippen molar-refractivity contribution in [3.63, 3.8) is 0 Å². The van der Waals surface area contributed by atoms with Gasteiger partial charge in [0.2, 0.25) is 0 Å². The van der Waals surface area contributed by atoms with Gasteiger partial charge in [0.1, 0.15) is 12.3 Å². The summed E-state index contributed by atoms with van der Waals surface area (Å²) in [5.74, 6) is 0.361. The molecule has 1 fully saturated rings. The van der Waals surface area contributed by atoms with Crippen LogP contribution in [0.3, 0.4) is 0 Å². The number of aryl methyl sites for hydroxylation is 2. The number of urea groups is 1. The number of ether oxygens (including phenoxy) is 1. The fraction of sp³-hybridized carbons (Fsp3) is 0.643. The van der Waals surface area contributed by atoms with Crippen molar-refractivity contribution in [3.05, 3.63) is 17.0 Å². The van der Waals surface area contributed by atoms with Crippen LogP contribution >= 0.6 is 0 Å². The average molecular weight is 295 g/mol. The van der Waals surface area contributed by atoms with Crippen molar-refractivity contribution in [2.45, 2.75) is 39.2 Å². The highest BCUT2D eigenvalue weighted by molar-refractivity contribution is 5.81. The normalized spacial score (nSPS) is 17.9. The van der Waals surface area contributed by atoms with Crippen LogP contribution in [0.2, 0.25) is 0 Å². The van der Waals surface area contributed by atoms with E-state index in [-0.39, 0.29) is 18.6 Å². The number of likely N-dealkylation sites (tertiary alicyclic amines) is 1. The van der Waals surface area contributed by atoms with Gasteiger partial charge in [-0.25, -0.2) is 4.79 Å². The lowest BCUT2D eigenvalue weighted by atomic mass is 10.0. The molecule has 0 radical (unpaired) electrons. The summed E-state index contributed by atoms with van der Waals surface area (Å²) in [6, 6.07) is -0.297. The van der Waals surface area contributed by atoms with Crippen LogP contribution in [-0.4, -0.2) is 42.3 Å². The summed E-state index contributed by atoms with van der Waals surface area (Å²) in [6.07, 6.45) is 2.54. The minimum Gasteiger partial charge on any atom is -0.468 e. The van der Waals surface area contributed by atoms with Crippen LogP contribution < -0.4 is 5.32 Å². The summed E-state index contributed by atoms with van der Waals surface area (Å²) in [4.78, 5) is 25.1. The van der Waals surface area contributed by atoms with Gasteiger partial charge in [-0.15, -0.1) is 0 Å². The van der Waals surface area contributed by atoms with E-state index in [4.69, 9.17) is 4.52 Å². The summed E-state index contributed by atoms with van der Waals surface area (Å²) >= 11 is 0. The van der Waals surface area contributed by atoms with Crippen molar-refractivity contribution < 1.29 is 18.8 Å². The average Bonchev–Trinajstić information content (AvgIpc) is 3.09. The second-order valence-corrected chi connectivity index (χ2v) is 5.04. The Morgan fingerprint density at radius 1 is 1.52 bits per heavy atom. The van der Waals surface area contributed by atoms with E-state index in [9.17, 15) is 9.59 Å². The molecule has 2 heterocycles. The lowest BCUT2D eigenvalue weighted by Gasteiger charge is -2.25. The molecule has 0 aromatic carbocycles. The van der Waals surface area contributed by atoms with E-state index in [1.807, 2.05) is 13.8 Å². The van der Waals surface area contributed by atoms with Crippen LogP contribution in [-0.2, 0) is 16.0 Å². The zero-order valence-electron chi connectivity index (χ0n) is 12.6. The fourth-order valence-electron chi connectivity index (χ4n) is 2.74. The van der Waals surface area contributed by atoms with Gasteiger partial charge in [-0.05, 0) is 19.8 Å².